The Labute approximate surface area is 164 Å². The zero-order valence-corrected chi connectivity index (χ0v) is 16.3. The lowest BCUT2D eigenvalue weighted by molar-refractivity contribution is 0.0941. The number of carbonyl (C=O) groups excluding carboxylic acids is 1. The minimum Gasteiger partial charge on any atom is -0.496 e. The largest absolute Gasteiger partial charge is 0.496 e. The van der Waals surface area contributed by atoms with E-state index in [0.717, 1.165) is 38.4 Å². The molecule has 1 saturated heterocycles. The van der Waals surface area contributed by atoms with Crippen LogP contribution in [0.2, 0.25) is 0 Å². The van der Waals surface area contributed by atoms with Crippen LogP contribution in [0, 0.1) is 5.82 Å². The van der Waals surface area contributed by atoms with Crippen molar-refractivity contribution in [2.45, 2.75) is 0 Å². The average molecular weight is 387 g/mol. The van der Waals surface area contributed by atoms with Crippen molar-refractivity contribution in [2.75, 3.05) is 58.4 Å². The summed E-state index contributed by atoms with van der Waals surface area (Å²) in [7, 11) is 3.07. The summed E-state index contributed by atoms with van der Waals surface area (Å²) in [5, 5.41) is 2.95. The third kappa shape index (κ3) is 4.72. The molecular formula is C21H26FN3O3. The molecule has 0 aliphatic carbocycles. The number of hydrogen-bond acceptors (Lipinski definition) is 5. The maximum Gasteiger partial charge on any atom is 0.258 e. The number of anilines is 1. The van der Waals surface area contributed by atoms with Crippen molar-refractivity contribution in [3.63, 3.8) is 0 Å². The van der Waals surface area contributed by atoms with Crippen molar-refractivity contribution in [2.24, 2.45) is 0 Å². The Bertz CT molecular complexity index is 768. The molecule has 1 N–H and O–H groups in total. The summed E-state index contributed by atoms with van der Waals surface area (Å²) in [6.45, 7) is 4.84. The number of rotatable bonds is 7. The van der Waals surface area contributed by atoms with Gasteiger partial charge < -0.3 is 19.7 Å². The van der Waals surface area contributed by atoms with Crippen LogP contribution in [0.1, 0.15) is 10.4 Å². The zero-order chi connectivity index (χ0) is 19.9. The molecule has 0 unspecified atom stereocenters. The summed E-state index contributed by atoms with van der Waals surface area (Å²) in [5.41, 5.74) is 1.45. The second kappa shape index (κ2) is 9.41. The van der Waals surface area contributed by atoms with Gasteiger partial charge in [0.05, 0.1) is 14.2 Å². The smallest absolute Gasteiger partial charge is 0.258 e. The van der Waals surface area contributed by atoms with Crippen LogP contribution in [0.5, 0.6) is 11.5 Å². The van der Waals surface area contributed by atoms with Gasteiger partial charge in [-0.2, -0.15) is 0 Å². The molecule has 1 fully saturated rings. The van der Waals surface area contributed by atoms with Crippen LogP contribution in [-0.2, 0) is 0 Å². The Kier molecular flexibility index (Phi) is 6.71. The lowest BCUT2D eigenvalue weighted by atomic mass is 10.1. The van der Waals surface area contributed by atoms with Gasteiger partial charge in [-0.05, 0) is 36.4 Å². The van der Waals surface area contributed by atoms with Gasteiger partial charge in [-0.3, -0.25) is 9.69 Å². The highest BCUT2D eigenvalue weighted by molar-refractivity contribution is 5.99. The van der Waals surface area contributed by atoms with Crippen LogP contribution in [-0.4, -0.2) is 64.3 Å². The SMILES string of the molecule is COc1cccc(OC)c1C(=O)NCCN1CCN(c2ccc(F)cc2)CC1. The van der Waals surface area contributed by atoms with Gasteiger partial charge in [0, 0.05) is 45.0 Å². The van der Waals surface area contributed by atoms with E-state index in [1.807, 2.05) is 12.1 Å². The highest BCUT2D eigenvalue weighted by Crippen LogP contribution is 2.27. The van der Waals surface area contributed by atoms with E-state index in [1.54, 1.807) is 18.2 Å². The quantitative estimate of drug-likeness (QED) is 0.791. The third-order valence-electron chi connectivity index (χ3n) is 4.93. The number of piperazine rings is 1. The summed E-state index contributed by atoms with van der Waals surface area (Å²) < 4.78 is 23.6. The molecule has 0 aromatic heterocycles. The standard InChI is InChI=1S/C21H26FN3O3/c1-27-18-4-3-5-19(28-2)20(18)21(26)23-10-11-24-12-14-25(15-13-24)17-8-6-16(22)7-9-17/h3-9H,10-15H2,1-2H3,(H,23,26). The molecule has 0 atom stereocenters. The van der Waals surface area contributed by atoms with Crippen LogP contribution in [0.15, 0.2) is 42.5 Å². The van der Waals surface area contributed by atoms with Crippen molar-refractivity contribution in [3.8, 4) is 11.5 Å². The van der Waals surface area contributed by atoms with E-state index in [2.05, 4.69) is 15.1 Å². The number of ether oxygens (including phenoxy) is 2. The zero-order valence-electron chi connectivity index (χ0n) is 16.3. The van der Waals surface area contributed by atoms with Crippen molar-refractivity contribution in [1.29, 1.82) is 0 Å². The molecule has 2 aromatic carbocycles. The fraction of sp³-hybridized carbons (Fsp3) is 0.381. The van der Waals surface area contributed by atoms with Crippen molar-refractivity contribution < 1.29 is 18.7 Å². The highest BCUT2D eigenvalue weighted by Gasteiger charge is 2.20. The third-order valence-corrected chi connectivity index (χ3v) is 4.93. The first-order valence-electron chi connectivity index (χ1n) is 9.34. The summed E-state index contributed by atoms with van der Waals surface area (Å²) in [5.74, 6) is 0.554. The Balaban J connectivity index is 1.47. The van der Waals surface area contributed by atoms with E-state index in [1.165, 1.54) is 26.4 Å². The second-order valence-electron chi connectivity index (χ2n) is 6.60. The molecule has 1 amide bonds. The van der Waals surface area contributed by atoms with Crippen molar-refractivity contribution in [3.05, 3.63) is 53.8 Å². The summed E-state index contributed by atoms with van der Waals surface area (Å²) in [4.78, 5) is 17.1. The van der Waals surface area contributed by atoms with Gasteiger partial charge in [0.1, 0.15) is 22.9 Å². The molecule has 28 heavy (non-hydrogen) atoms. The Morgan fingerprint density at radius 2 is 1.61 bits per heavy atom. The number of benzene rings is 2. The first-order valence-corrected chi connectivity index (χ1v) is 9.34. The van der Waals surface area contributed by atoms with Gasteiger partial charge in [-0.25, -0.2) is 4.39 Å². The normalized spacial score (nSPS) is 14.6. The molecule has 0 radical (unpaired) electrons. The lowest BCUT2D eigenvalue weighted by Gasteiger charge is -2.36. The van der Waals surface area contributed by atoms with E-state index in [0.29, 0.717) is 23.6 Å². The molecule has 1 aliphatic heterocycles. The maximum atomic E-state index is 13.1. The molecule has 3 rings (SSSR count). The van der Waals surface area contributed by atoms with E-state index in [9.17, 15) is 9.18 Å². The topological polar surface area (TPSA) is 54.0 Å². The van der Waals surface area contributed by atoms with Crippen LogP contribution in [0.25, 0.3) is 0 Å². The predicted octanol–water partition coefficient (Wildman–Crippen LogP) is 2.39. The fourth-order valence-electron chi connectivity index (χ4n) is 3.37. The fourth-order valence-corrected chi connectivity index (χ4v) is 3.37. The number of methoxy groups -OCH3 is 2. The molecular weight excluding hydrogens is 361 g/mol. The van der Waals surface area contributed by atoms with Crippen LogP contribution in [0.4, 0.5) is 10.1 Å². The average Bonchev–Trinajstić information content (AvgIpc) is 2.74. The number of hydrogen-bond donors (Lipinski definition) is 1. The number of carbonyl (C=O) groups is 1. The van der Waals surface area contributed by atoms with Crippen molar-refractivity contribution in [1.82, 2.24) is 10.2 Å². The minimum absolute atomic E-state index is 0.209. The minimum atomic E-state index is -0.218. The van der Waals surface area contributed by atoms with Gasteiger partial charge >= 0.3 is 0 Å². The summed E-state index contributed by atoms with van der Waals surface area (Å²) >= 11 is 0. The molecule has 2 aromatic rings. The first-order chi connectivity index (χ1) is 13.6. The molecule has 7 heteroatoms. The van der Waals surface area contributed by atoms with Gasteiger partial charge in [0.2, 0.25) is 0 Å². The molecule has 0 saturated carbocycles. The molecule has 6 nitrogen and oxygen atoms in total. The van der Waals surface area contributed by atoms with E-state index >= 15 is 0 Å². The van der Waals surface area contributed by atoms with E-state index < -0.39 is 0 Å². The highest BCUT2D eigenvalue weighted by atomic mass is 19.1. The van der Waals surface area contributed by atoms with Gasteiger partial charge in [-0.1, -0.05) is 6.07 Å². The van der Waals surface area contributed by atoms with Crippen LogP contribution >= 0.6 is 0 Å². The lowest BCUT2D eigenvalue weighted by Crippen LogP contribution is -2.48. The summed E-state index contributed by atoms with van der Waals surface area (Å²) in [6.07, 6.45) is 0. The monoisotopic (exact) mass is 387 g/mol. The van der Waals surface area contributed by atoms with Gasteiger partial charge in [0.15, 0.2) is 0 Å². The molecule has 0 spiro atoms. The van der Waals surface area contributed by atoms with E-state index in [-0.39, 0.29) is 11.7 Å². The number of amides is 1. The first kappa shape index (κ1) is 19.9. The number of halogens is 1. The summed E-state index contributed by atoms with van der Waals surface area (Å²) in [6, 6.07) is 11.9. The molecule has 1 heterocycles. The Morgan fingerprint density at radius 3 is 2.18 bits per heavy atom. The van der Waals surface area contributed by atoms with Crippen LogP contribution in [0.3, 0.4) is 0 Å². The van der Waals surface area contributed by atoms with Gasteiger partial charge in [0.25, 0.3) is 5.91 Å². The van der Waals surface area contributed by atoms with Crippen molar-refractivity contribution >= 4 is 11.6 Å². The van der Waals surface area contributed by atoms with Crippen LogP contribution < -0.4 is 19.7 Å². The van der Waals surface area contributed by atoms with E-state index in [4.69, 9.17) is 9.47 Å². The maximum absolute atomic E-state index is 13.1. The number of nitrogens with zero attached hydrogens (tertiary/aromatic N) is 2. The number of nitrogens with one attached hydrogen (secondary N) is 1. The second-order valence-corrected chi connectivity index (χ2v) is 6.60. The molecule has 1 aliphatic rings. The predicted molar refractivity (Wildman–Crippen MR) is 107 cm³/mol. The Morgan fingerprint density at radius 1 is 1.00 bits per heavy atom. The molecule has 150 valence electrons. The Hall–Kier alpha value is -2.80. The molecule has 0 bridgehead atoms. The van der Waals surface area contributed by atoms with Gasteiger partial charge in [-0.15, -0.1) is 0 Å².